The maximum absolute atomic E-state index is 11.1. The molecule has 0 bridgehead atoms. The van der Waals surface area contributed by atoms with Crippen molar-refractivity contribution in [2.45, 2.75) is 0 Å². The monoisotopic (exact) mass is 165 g/mol. The number of nitrogens with zero attached hydrogens (tertiary/aromatic N) is 1. The lowest BCUT2D eigenvalue weighted by atomic mass is 9.92. The van der Waals surface area contributed by atoms with E-state index in [0.717, 1.165) is 7.48 Å². The van der Waals surface area contributed by atoms with Gasteiger partial charge in [-0.1, -0.05) is 0 Å². The molecule has 0 aliphatic carbocycles. The zero-order valence-electron chi connectivity index (χ0n) is 7.03. The summed E-state index contributed by atoms with van der Waals surface area (Å²) in [6.45, 7) is 0. The van der Waals surface area contributed by atoms with Gasteiger partial charge in [0.1, 0.15) is 5.69 Å². The second kappa shape index (κ2) is 3.45. The third kappa shape index (κ3) is 1.50. The predicted octanol–water partition coefficient (Wildman–Crippen LogP) is -1.38. The predicted molar refractivity (Wildman–Crippen MR) is 46.4 cm³/mol. The summed E-state index contributed by atoms with van der Waals surface area (Å²) in [5, 5.41) is 11.2. The summed E-state index contributed by atoms with van der Waals surface area (Å²) in [5.74, 6) is -0.161. The molecule has 0 unspecified atom stereocenters. The molecule has 0 aliphatic rings. The van der Waals surface area contributed by atoms with Gasteiger partial charge in [-0.05, 0) is 11.5 Å². The molecular formula is C7H10BN2O2. The highest BCUT2D eigenvalue weighted by atomic mass is 16.2. The first-order chi connectivity index (χ1) is 5.69. The summed E-state index contributed by atoms with van der Waals surface area (Å²) in [7, 11) is 4.28. The summed E-state index contributed by atoms with van der Waals surface area (Å²) in [5.41, 5.74) is 1.15. The Morgan fingerprint density at radius 1 is 1.75 bits per heavy atom. The molecule has 0 atom stereocenters. The van der Waals surface area contributed by atoms with Gasteiger partial charge in [0.2, 0.25) is 0 Å². The fourth-order valence-electron chi connectivity index (χ4n) is 1.01. The van der Waals surface area contributed by atoms with Crippen LogP contribution in [-0.4, -0.2) is 30.0 Å². The van der Waals surface area contributed by atoms with Crippen molar-refractivity contribution in [2.24, 2.45) is 7.05 Å². The number of amides is 1. The van der Waals surface area contributed by atoms with Crippen molar-refractivity contribution in [3.63, 3.8) is 0 Å². The lowest BCUT2D eigenvalue weighted by Crippen LogP contribution is -2.20. The number of hydrogen-bond donors (Lipinski definition) is 2. The Hall–Kier alpha value is -1.23. The number of hydrogen-bond acceptors (Lipinski definition) is 2. The van der Waals surface area contributed by atoms with Gasteiger partial charge < -0.3 is 14.9 Å². The van der Waals surface area contributed by atoms with Crippen LogP contribution in [0, 0.1) is 0 Å². The molecule has 0 aliphatic heterocycles. The Balaban J connectivity index is 2.99. The first-order valence-corrected chi connectivity index (χ1v) is 3.55. The van der Waals surface area contributed by atoms with Gasteiger partial charge in [0.15, 0.2) is 0 Å². The third-order valence-electron chi connectivity index (χ3n) is 1.63. The molecule has 0 saturated heterocycles. The minimum absolute atomic E-state index is 0.161. The van der Waals surface area contributed by atoms with Gasteiger partial charge in [-0.15, -0.1) is 0 Å². The zero-order chi connectivity index (χ0) is 9.14. The van der Waals surface area contributed by atoms with Gasteiger partial charge >= 0.3 is 7.48 Å². The van der Waals surface area contributed by atoms with Gasteiger partial charge in [-0.25, -0.2) is 0 Å². The van der Waals surface area contributed by atoms with E-state index >= 15 is 0 Å². The molecule has 1 aromatic rings. The Morgan fingerprint density at radius 3 is 2.83 bits per heavy atom. The minimum Gasteiger partial charge on any atom is -0.450 e. The number of nitrogens with one attached hydrogen (secondary N) is 1. The topological polar surface area (TPSA) is 54.3 Å². The first-order valence-electron chi connectivity index (χ1n) is 3.55. The zero-order valence-corrected chi connectivity index (χ0v) is 7.03. The van der Waals surface area contributed by atoms with E-state index in [4.69, 9.17) is 5.02 Å². The highest BCUT2D eigenvalue weighted by Crippen LogP contribution is 1.96. The second-order valence-electron chi connectivity index (χ2n) is 2.48. The van der Waals surface area contributed by atoms with E-state index in [1.807, 2.05) is 0 Å². The van der Waals surface area contributed by atoms with E-state index in [0.29, 0.717) is 11.2 Å². The van der Waals surface area contributed by atoms with Crippen molar-refractivity contribution < 1.29 is 9.82 Å². The summed E-state index contributed by atoms with van der Waals surface area (Å²) < 4.78 is 1.65. The first kappa shape index (κ1) is 8.87. The number of rotatable bonds is 2. The van der Waals surface area contributed by atoms with Crippen LogP contribution in [0.25, 0.3) is 0 Å². The van der Waals surface area contributed by atoms with Crippen molar-refractivity contribution in [3.05, 3.63) is 18.0 Å². The Bertz CT molecular complexity index is 296. The van der Waals surface area contributed by atoms with E-state index in [1.165, 1.54) is 0 Å². The maximum Gasteiger partial charge on any atom is 0.328 e. The fourth-order valence-corrected chi connectivity index (χ4v) is 1.01. The van der Waals surface area contributed by atoms with E-state index in [-0.39, 0.29) is 5.91 Å². The highest BCUT2D eigenvalue weighted by molar-refractivity contribution is 6.45. The van der Waals surface area contributed by atoms with E-state index in [9.17, 15) is 4.79 Å². The van der Waals surface area contributed by atoms with Crippen LogP contribution in [0.3, 0.4) is 0 Å². The number of aryl methyl sites for hydroxylation is 1. The van der Waals surface area contributed by atoms with E-state index in [2.05, 4.69) is 5.32 Å². The molecule has 0 aromatic carbocycles. The highest BCUT2D eigenvalue weighted by Gasteiger charge is 2.09. The standard InChI is InChI=1S/C7H10BN2O2/c1-9-7(11)6-3-5(8-12)4-10(6)2/h3-4,12H,1-2H3,(H,9,11). The average molecular weight is 165 g/mol. The van der Waals surface area contributed by atoms with Crippen molar-refractivity contribution in [2.75, 3.05) is 7.05 Å². The smallest absolute Gasteiger partial charge is 0.328 e. The molecule has 1 rings (SSSR count). The quantitative estimate of drug-likeness (QED) is 0.530. The lowest BCUT2D eigenvalue weighted by molar-refractivity contribution is 0.0955. The van der Waals surface area contributed by atoms with Crippen LogP contribution in [0.4, 0.5) is 0 Å². The molecule has 5 heteroatoms. The fraction of sp³-hybridized carbons (Fsp3) is 0.286. The van der Waals surface area contributed by atoms with Crippen LogP contribution >= 0.6 is 0 Å². The number of carbonyl (C=O) groups excluding carboxylic acids is 1. The summed E-state index contributed by atoms with van der Waals surface area (Å²) in [6, 6.07) is 1.61. The largest absolute Gasteiger partial charge is 0.450 e. The summed E-state index contributed by atoms with van der Waals surface area (Å²) in [4.78, 5) is 11.1. The van der Waals surface area contributed by atoms with Crippen LogP contribution in [0.5, 0.6) is 0 Å². The average Bonchev–Trinajstić information content (AvgIpc) is 2.45. The van der Waals surface area contributed by atoms with Gasteiger partial charge in [0.25, 0.3) is 5.91 Å². The number of aromatic nitrogens is 1. The van der Waals surface area contributed by atoms with Crippen LogP contribution in [0.1, 0.15) is 10.5 Å². The SMILES string of the molecule is CNC(=O)c1cc([B]O)cn1C. The molecule has 0 fully saturated rings. The van der Waals surface area contributed by atoms with Crippen LogP contribution in [0.2, 0.25) is 0 Å². The van der Waals surface area contributed by atoms with Gasteiger partial charge in [0.05, 0.1) is 0 Å². The Kier molecular flexibility index (Phi) is 2.55. The van der Waals surface area contributed by atoms with Gasteiger partial charge in [-0.2, -0.15) is 0 Å². The van der Waals surface area contributed by atoms with Crippen LogP contribution in [-0.2, 0) is 7.05 Å². The van der Waals surface area contributed by atoms with Crippen LogP contribution in [0.15, 0.2) is 12.3 Å². The molecular weight excluding hydrogens is 155 g/mol. The van der Waals surface area contributed by atoms with Crippen molar-refractivity contribution in [1.82, 2.24) is 9.88 Å². The normalized spacial score (nSPS) is 9.58. The van der Waals surface area contributed by atoms with Gasteiger partial charge in [-0.3, -0.25) is 4.79 Å². The second-order valence-corrected chi connectivity index (χ2v) is 2.48. The molecule has 1 aromatic heterocycles. The molecule has 1 radical (unpaired) electrons. The molecule has 63 valence electrons. The lowest BCUT2D eigenvalue weighted by Gasteiger charge is -1.99. The molecule has 1 amide bonds. The third-order valence-corrected chi connectivity index (χ3v) is 1.63. The molecule has 4 nitrogen and oxygen atoms in total. The van der Waals surface area contributed by atoms with Crippen molar-refractivity contribution in [3.8, 4) is 0 Å². The molecule has 12 heavy (non-hydrogen) atoms. The summed E-state index contributed by atoms with van der Waals surface area (Å²) in [6.07, 6.45) is 1.67. The summed E-state index contributed by atoms with van der Waals surface area (Å²) >= 11 is 0. The van der Waals surface area contributed by atoms with Crippen LogP contribution < -0.4 is 10.8 Å². The minimum atomic E-state index is -0.161. The Labute approximate surface area is 71.5 Å². The van der Waals surface area contributed by atoms with Crippen molar-refractivity contribution >= 4 is 18.9 Å². The van der Waals surface area contributed by atoms with Gasteiger partial charge in [0, 0.05) is 20.3 Å². The van der Waals surface area contributed by atoms with E-state index < -0.39 is 0 Å². The molecule has 0 spiro atoms. The van der Waals surface area contributed by atoms with E-state index in [1.54, 1.807) is 30.9 Å². The maximum atomic E-state index is 11.1. The molecule has 1 heterocycles. The Morgan fingerprint density at radius 2 is 2.42 bits per heavy atom. The molecule has 0 saturated carbocycles. The molecule has 2 N–H and O–H groups in total. The van der Waals surface area contributed by atoms with Crippen molar-refractivity contribution in [1.29, 1.82) is 0 Å². The number of carbonyl (C=O) groups is 1.